The fourth-order valence-corrected chi connectivity index (χ4v) is 4.56. The molecule has 188 valence electrons. The summed E-state index contributed by atoms with van der Waals surface area (Å²) in [5, 5.41) is 0. The van der Waals surface area contributed by atoms with E-state index in [1.807, 2.05) is 18.2 Å². The molecule has 0 saturated carbocycles. The smallest absolute Gasteiger partial charge is 0.151 e. The average Bonchev–Trinajstić information content (AvgIpc) is 2.74. The molecule has 2 aromatic carbocycles. The Morgan fingerprint density at radius 2 is 1.48 bits per heavy atom. The minimum atomic E-state index is -3.12. The third kappa shape index (κ3) is 13.2. The molecule has 0 aliphatic carbocycles. The molecule has 0 saturated heterocycles. The molecular formula is C25H40Cl2N2O3S. The predicted molar refractivity (Wildman–Crippen MR) is 144 cm³/mol. The Bertz CT molecular complexity index is 880. The van der Waals surface area contributed by atoms with Crippen LogP contribution in [-0.2, 0) is 28.4 Å². The number of methoxy groups -OCH3 is 1. The molecule has 5 nitrogen and oxygen atoms in total. The van der Waals surface area contributed by atoms with Gasteiger partial charge in [-0.2, -0.15) is 0 Å². The van der Waals surface area contributed by atoms with Crippen molar-refractivity contribution in [1.29, 1.82) is 0 Å². The first-order chi connectivity index (χ1) is 14.9. The van der Waals surface area contributed by atoms with Crippen LogP contribution in [0.3, 0.4) is 0 Å². The first-order valence-electron chi connectivity index (χ1n) is 11.2. The van der Waals surface area contributed by atoms with Crippen LogP contribution in [-0.4, -0.2) is 52.9 Å². The standard InChI is InChI=1S/C25H38N2O3S.2ClH/c1-30-25-13-12-23(20-24(25)21-31(2,28)29)15-19-27(17-9-4-3-8-16-26)18-14-22-10-6-5-7-11-22;;/h5-7,10-13,20H,3-4,8-9,14-19,21,26H2,1-2H3;2*1H. The van der Waals surface area contributed by atoms with Gasteiger partial charge in [-0.05, 0) is 56.0 Å². The molecule has 0 amide bonds. The highest BCUT2D eigenvalue weighted by Gasteiger charge is 2.12. The number of rotatable bonds is 15. The summed E-state index contributed by atoms with van der Waals surface area (Å²) in [6.07, 6.45) is 7.85. The molecule has 33 heavy (non-hydrogen) atoms. The van der Waals surface area contributed by atoms with Gasteiger partial charge in [-0.3, -0.25) is 0 Å². The molecule has 0 aromatic heterocycles. The molecule has 0 spiro atoms. The van der Waals surface area contributed by atoms with E-state index in [9.17, 15) is 8.42 Å². The molecule has 0 aliphatic rings. The van der Waals surface area contributed by atoms with Gasteiger partial charge in [0.05, 0.1) is 12.9 Å². The maximum absolute atomic E-state index is 11.8. The average molecular weight is 520 g/mol. The van der Waals surface area contributed by atoms with Gasteiger partial charge in [0, 0.05) is 24.9 Å². The third-order valence-corrected chi connectivity index (χ3v) is 6.30. The van der Waals surface area contributed by atoms with Crippen LogP contribution in [0.25, 0.3) is 0 Å². The summed E-state index contributed by atoms with van der Waals surface area (Å²) in [7, 11) is -1.54. The lowest BCUT2D eigenvalue weighted by molar-refractivity contribution is 0.273. The Morgan fingerprint density at radius 1 is 0.848 bits per heavy atom. The van der Waals surface area contributed by atoms with E-state index in [2.05, 4.69) is 35.2 Å². The van der Waals surface area contributed by atoms with E-state index in [1.165, 1.54) is 31.1 Å². The van der Waals surface area contributed by atoms with E-state index >= 15 is 0 Å². The van der Waals surface area contributed by atoms with Gasteiger partial charge in [-0.1, -0.05) is 55.3 Å². The van der Waals surface area contributed by atoms with Crippen molar-refractivity contribution in [3.63, 3.8) is 0 Å². The molecule has 0 bridgehead atoms. The van der Waals surface area contributed by atoms with E-state index < -0.39 is 9.84 Å². The van der Waals surface area contributed by atoms with Crippen LogP contribution in [0, 0.1) is 0 Å². The van der Waals surface area contributed by atoms with Gasteiger partial charge in [-0.15, -0.1) is 24.8 Å². The van der Waals surface area contributed by atoms with E-state index in [0.717, 1.165) is 56.6 Å². The largest absolute Gasteiger partial charge is 0.496 e. The third-order valence-electron chi connectivity index (χ3n) is 5.47. The summed E-state index contributed by atoms with van der Waals surface area (Å²) in [5.41, 5.74) is 8.85. The van der Waals surface area contributed by atoms with Crippen molar-refractivity contribution in [2.45, 2.75) is 44.3 Å². The van der Waals surface area contributed by atoms with Gasteiger partial charge in [0.15, 0.2) is 9.84 Å². The topological polar surface area (TPSA) is 72.6 Å². The van der Waals surface area contributed by atoms with Gasteiger partial charge in [-0.25, -0.2) is 8.42 Å². The number of ether oxygens (including phenoxy) is 1. The molecular weight excluding hydrogens is 479 g/mol. The zero-order chi connectivity index (χ0) is 22.5. The zero-order valence-corrected chi connectivity index (χ0v) is 22.3. The first-order valence-corrected chi connectivity index (χ1v) is 13.3. The molecule has 0 fully saturated rings. The number of benzene rings is 2. The summed E-state index contributed by atoms with van der Waals surface area (Å²) >= 11 is 0. The van der Waals surface area contributed by atoms with Crippen molar-refractivity contribution in [1.82, 2.24) is 4.90 Å². The number of sulfone groups is 1. The van der Waals surface area contributed by atoms with E-state index in [0.29, 0.717) is 5.75 Å². The summed E-state index contributed by atoms with van der Waals surface area (Å²) in [6.45, 7) is 3.82. The second-order valence-corrected chi connectivity index (χ2v) is 10.4. The van der Waals surface area contributed by atoms with Crippen LogP contribution in [0.2, 0.25) is 0 Å². The van der Waals surface area contributed by atoms with Crippen molar-refractivity contribution < 1.29 is 13.2 Å². The Balaban J connectivity index is 0.00000512. The number of hydrogen-bond acceptors (Lipinski definition) is 5. The van der Waals surface area contributed by atoms with Crippen molar-refractivity contribution in [2.24, 2.45) is 5.73 Å². The molecule has 2 rings (SSSR count). The Kier molecular flexibility index (Phi) is 16.5. The summed E-state index contributed by atoms with van der Waals surface area (Å²) in [6, 6.07) is 16.5. The molecule has 0 radical (unpaired) electrons. The lowest BCUT2D eigenvalue weighted by atomic mass is 10.1. The van der Waals surface area contributed by atoms with E-state index in [1.54, 1.807) is 7.11 Å². The number of unbranched alkanes of at least 4 members (excludes halogenated alkanes) is 3. The van der Waals surface area contributed by atoms with Crippen LogP contribution in [0.5, 0.6) is 5.75 Å². The van der Waals surface area contributed by atoms with Gasteiger partial charge in [0.1, 0.15) is 5.75 Å². The van der Waals surface area contributed by atoms with Gasteiger partial charge in [0.25, 0.3) is 0 Å². The molecule has 0 heterocycles. The van der Waals surface area contributed by atoms with Gasteiger partial charge >= 0.3 is 0 Å². The summed E-state index contributed by atoms with van der Waals surface area (Å²) in [4.78, 5) is 2.52. The minimum Gasteiger partial charge on any atom is -0.496 e. The second-order valence-electron chi connectivity index (χ2n) is 8.25. The van der Waals surface area contributed by atoms with Crippen molar-refractivity contribution >= 4 is 34.7 Å². The summed E-state index contributed by atoms with van der Waals surface area (Å²) in [5.74, 6) is 0.637. The van der Waals surface area contributed by atoms with E-state index in [-0.39, 0.29) is 30.6 Å². The quantitative estimate of drug-likeness (QED) is 0.346. The lowest BCUT2D eigenvalue weighted by Crippen LogP contribution is -2.29. The summed E-state index contributed by atoms with van der Waals surface area (Å²) < 4.78 is 28.9. The highest BCUT2D eigenvalue weighted by molar-refractivity contribution is 7.89. The minimum absolute atomic E-state index is 0. The zero-order valence-electron chi connectivity index (χ0n) is 19.9. The second kappa shape index (κ2) is 17.2. The highest BCUT2D eigenvalue weighted by Crippen LogP contribution is 2.22. The van der Waals surface area contributed by atoms with Gasteiger partial charge < -0.3 is 15.4 Å². The van der Waals surface area contributed by atoms with Crippen molar-refractivity contribution in [3.05, 3.63) is 65.2 Å². The fraction of sp³-hybridized carbons (Fsp3) is 0.520. The number of halogens is 2. The van der Waals surface area contributed by atoms with Crippen molar-refractivity contribution in [3.8, 4) is 5.75 Å². The number of nitrogens with two attached hydrogens (primary N) is 1. The molecule has 8 heteroatoms. The lowest BCUT2D eigenvalue weighted by Gasteiger charge is -2.23. The van der Waals surface area contributed by atoms with Crippen LogP contribution in [0.1, 0.15) is 42.4 Å². The Labute approximate surface area is 212 Å². The molecule has 0 atom stereocenters. The normalized spacial score (nSPS) is 11.0. The predicted octanol–water partition coefficient (Wildman–Crippen LogP) is 4.69. The van der Waals surface area contributed by atoms with Crippen LogP contribution in [0.4, 0.5) is 0 Å². The SMILES string of the molecule is COc1ccc(CCN(CCCCCCN)CCc2ccccc2)cc1CS(C)(=O)=O.Cl.Cl. The van der Waals surface area contributed by atoms with Crippen LogP contribution < -0.4 is 10.5 Å². The fourth-order valence-electron chi connectivity index (χ4n) is 3.77. The first kappa shape index (κ1) is 31.7. The monoisotopic (exact) mass is 518 g/mol. The van der Waals surface area contributed by atoms with Gasteiger partial charge in [0.2, 0.25) is 0 Å². The number of hydrogen-bond donors (Lipinski definition) is 1. The maximum atomic E-state index is 11.8. The highest BCUT2D eigenvalue weighted by atomic mass is 35.5. The molecule has 0 aliphatic heterocycles. The maximum Gasteiger partial charge on any atom is 0.151 e. The Hall–Kier alpha value is -1.31. The van der Waals surface area contributed by atoms with Crippen molar-refractivity contribution in [2.75, 3.05) is 39.5 Å². The molecule has 2 aromatic rings. The molecule has 2 N–H and O–H groups in total. The molecule has 0 unspecified atom stereocenters. The van der Waals surface area contributed by atoms with Crippen LogP contribution in [0.15, 0.2) is 48.5 Å². The van der Waals surface area contributed by atoms with E-state index in [4.69, 9.17) is 10.5 Å². The number of nitrogens with zero attached hydrogens (tertiary/aromatic N) is 1. The Morgan fingerprint density at radius 3 is 2.09 bits per heavy atom. The van der Waals surface area contributed by atoms with Crippen LogP contribution >= 0.6 is 24.8 Å².